The summed E-state index contributed by atoms with van der Waals surface area (Å²) in [6.45, 7) is 5.81. The number of nitrogens with one attached hydrogen (secondary N) is 1. The van der Waals surface area contributed by atoms with Crippen LogP contribution < -0.4 is 5.32 Å². The molecule has 1 aliphatic rings. The molecule has 1 heterocycles. The predicted octanol–water partition coefficient (Wildman–Crippen LogP) is 3.76. The number of aryl methyl sites for hydroxylation is 1. The molecule has 1 aliphatic heterocycles. The molecular formula is C22H26N2O4. The van der Waals surface area contributed by atoms with Crippen LogP contribution >= 0.6 is 0 Å². The number of hydrogen-bond acceptors (Lipinski definition) is 5. The second-order valence-electron chi connectivity index (χ2n) is 7.53. The quantitative estimate of drug-likeness (QED) is 0.798. The lowest BCUT2D eigenvalue weighted by molar-refractivity contribution is -0.212. The van der Waals surface area contributed by atoms with E-state index < -0.39 is 17.6 Å². The van der Waals surface area contributed by atoms with Crippen LogP contribution in [0.2, 0.25) is 0 Å². The SMILES string of the molecule is COC(=O)CC1c2cc(C)ccc2NC(C)(C)C(=O)N1OCc1ccccc1. The summed E-state index contributed by atoms with van der Waals surface area (Å²) in [5.74, 6) is -0.649. The number of ether oxygens (including phenoxy) is 1. The predicted molar refractivity (Wildman–Crippen MR) is 106 cm³/mol. The van der Waals surface area contributed by atoms with Gasteiger partial charge in [-0.05, 0) is 32.4 Å². The van der Waals surface area contributed by atoms with Crippen LogP contribution in [-0.4, -0.2) is 29.6 Å². The number of benzene rings is 2. The first-order valence-corrected chi connectivity index (χ1v) is 9.28. The molecule has 0 aliphatic carbocycles. The molecule has 0 spiro atoms. The summed E-state index contributed by atoms with van der Waals surface area (Å²) in [5, 5.41) is 4.64. The fourth-order valence-electron chi connectivity index (χ4n) is 3.31. The molecule has 1 N–H and O–H groups in total. The van der Waals surface area contributed by atoms with Gasteiger partial charge >= 0.3 is 5.97 Å². The summed E-state index contributed by atoms with van der Waals surface area (Å²) in [7, 11) is 1.34. The smallest absolute Gasteiger partial charge is 0.308 e. The number of amides is 1. The van der Waals surface area contributed by atoms with Crippen LogP contribution in [0.15, 0.2) is 48.5 Å². The summed E-state index contributed by atoms with van der Waals surface area (Å²) in [6.07, 6.45) is 0.00520. The molecular weight excluding hydrogens is 356 g/mol. The number of nitrogens with zero attached hydrogens (tertiary/aromatic N) is 1. The molecule has 2 aromatic carbocycles. The monoisotopic (exact) mass is 382 g/mol. The highest BCUT2D eigenvalue weighted by atomic mass is 16.7. The van der Waals surface area contributed by atoms with E-state index in [-0.39, 0.29) is 18.9 Å². The van der Waals surface area contributed by atoms with Crippen LogP contribution in [0.3, 0.4) is 0 Å². The first-order valence-electron chi connectivity index (χ1n) is 9.28. The molecule has 0 fully saturated rings. The Kier molecular flexibility index (Phi) is 5.70. The van der Waals surface area contributed by atoms with Crippen LogP contribution in [-0.2, 0) is 25.8 Å². The minimum atomic E-state index is -0.897. The Morgan fingerprint density at radius 3 is 2.57 bits per heavy atom. The third-order valence-electron chi connectivity index (χ3n) is 4.83. The highest BCUT2D eigenvalue weighted by molar-refractivity contribution is 5.90. The topological polar surface area (TPSA) is 67.9 Å². The Labute approximate surface area is 165 Å². The number of rotatable bonds is 5. The number of fused-ring (bicyclic) bond motifs is 1. The maximum atomic E-state index is 13.3. The second-order valence-corrected chi connectivity index (χ2v) is 7.53. The van der Waals surface area contributed by atoms with Gasteiger partial charge in [0.25, 0.3) is 5.91 Å². The minimum Gasteiger partial charge on any atom is -0.469 e. The van der Waals surface area contributed by atoms with Crippen molar-refractivity contribution < 1.29 is 19.2 Å². The summed E-state index contributed by atoms with van der Waals surface area (Å²) in [6, 6.07) is 14.9. The Balaban J connectivity index is 2.02. The van der Waals surface area contributed by atoms with Crippen molar-refractivity contribution >= 4 is 17.6 Å². The van der Waals surface area contributed by atoms with Crippen molar-refractivity contribution in [1.29, 1.82) is 0 Å². The van der Waals surface area contributed by atoms with Gasteiger partial charge in [0.2, 0.25) is 0 Å². The van der Waals surface area contributed by atoms with E-state index >= 15 is 0 Å². The van der Waals surface area contributed by atoms with Crippen molar-refractivity contribution in [3.8, 4) is 0 Å². The van der Waals surface area contributed by atoms with Crippen LogP contribution in [0.4, 0.5) is 5.69 Å². The Bertz CT molecular complexity index is 864. The van der Waals surface area contributed by atoms with Gasteiger partial charge in [-0.25, -0.2) is 5.06 Å². The molecule has 0 radical (unpaired) electrons. The van der Waals surface area contributed by atoms with E-state index in [1.807, 2.05) is 55.5 Å². The van der Waals surface area contributed by atoms with E-state index in [4.69, 9.17) is 9.57 Å². The lowest BCUT2D eigenvalue weighted by atomic mass is 9.99. The van der Waals surface area contributed by atoms with Gasteiger partial charge in [-0.3, -0.25) is 14.4 Å². The van der Waals surface area contributed by atoms with Crippen LogP contribution in [0.25, 0.3) is 0 Å². The van der Waals surface area contributed by atoms with Crippen LogP contribution in [0, 0.1) is 6.92 Å². The third-order valence-corrected chi connectivity index (χ3v) is 4.83. The van der Waals surface area contributed by atoms with Crippen molar-refractivity contribution in [1.82, 2.24) is 5.06 Å². The van der Waals surface area contributed by atoms with E-state index in [0.717, 1.165) is 22.4 Å². The highest BCUT2D eigenvalue weighted by Gasteiger charge is 2.42. The van der Waals surface area contributed by atoms with Gasteiger partial charge in [0.15, 0.2) is 0 Å². The molecule has 0 saturated carbocycles. The van der Waals surface area contributed by atoms with Gasteiger partial charge in [-0.1, -0.05) is 48.0 Å². The standard InChI is InChI=1S/C22H26N2O4/c1-15-10-11-18-17(12-15)19(13-20(25)27-4)24(21(26)22(2,3)23-18)28-14-16-8-6-5-7-9-16/h5-12,19,23H,13-14H2,1-4H3. The highest BCUT2D eigenvalue weighted by Crippen LogP contribution is 2.38. The second kappa shape index (κ2) is 8.02. The van der Waals surface area contributed by atoms with Gasteiger partial charge in [-0.15, -0.1) is 0 Å². The molecule has 0 aromatic heterocycles. The normalized spacial score (nSPS) is 18.1. The Morgan fingerprint density at radius 2 is 1.89 bits per heavy atom. The number of methoxy groups -OCH3 is 1. The van der Waals surface area contributed by atoms with Gasteiger partial charge in [0.1, 0.15) is 12.1 Å². The first kappa shape index (κ1) is 19.9. The Hall–Kier alpha value is -2.86. The maximum Gasteiger partial charge on any atom is 0.308 e. The molecule has 1 unspecified atom stereocenters. The summed E-state index contributed by atoms with van der Waals surface area (Å²) in [5.41, 5.74) is 2.71. The van der Waals surface area contributed by atoms with E-state index in [0.29, 0.717) is 0 Å². The molecule has 148 valence electrons. The van der Waals surface area contributed by atoms with E-state index in [9.17, 15) is 9.59 Å². The summed E-state index contributed by atoms with van der Waals surface area (Å²) in [4.78, 5) is 31.4. The number of hydrogen-bond donors (Lipinski definition) is 1. The molecule has 0 saturated heterocycles. The number of carbonyl (C=O) groups is 2. The van der Waals surface area contributed by atoms with E-state index in [2.05, 4.69) is 5.32 Å². The third kappa shape index (κ3) is 4.17. The fraction of sp³-hybridized carbons (Fsp3) is 0.364. The maximum absolute atomic E-state index is 13.3. The summed E-state index contributed by atoms with van der Waals surface area (Å²) < 4.78 is 4.88. The fourth-order valence-corrected chi connectivity index (χ4v) is 3.31. The lowest BCUT2D eigenvalue weighted by Gasteiger charge is -2.32. The van der Waals surface area contributed by atoms with Gasteiger partial charge < -0.3 is 10.1 Å². The van der Waals surface area contributed by atoms with E-state index in [1.165, 1.54) is 12.2 Å². The molecule has 1 amide bonds. The van der Waals surface area contributed by atoms with Crippen molar-refractivity contribution in [2.24, 2.45) is 0 Å². The van der Waals surface area contributed by atoms with Gasteiger partial charge in [0, 0.05) is 11.3 Å². The van der Waals surface area contributed by atoms with Crippen LogP contribution in [0.1, 0.15) is 43.0 Å². The molecule has 6 heteroatoms. The minimum absolute atomic E-state index is 0.00520. The molecule has 1 atom stereocenters. The van der Waals surface area contributed by atoms with Crippen molar-refractivity contribution in [2.75, 3.05) is 12.4 Å². The average molecular weight is 382 g/mol. The van der Waals surface area contributed by atoms with Crippen molar-refractivity contribution in [2.45, 2.75) is 45.4 Å². The summed E-state index contributed by atoms with van der Waals surface area (Å²) >= 11 is 0. The first-order chi connectivity index (χ1) is 13.3. The van der Waals surface area contributed by atoms with Gasteiger partial charge in [-0.2, -0.15) is 0 Å². The van der Waals surface area contributed by atoms with Crippen molar-refractivity contribution in [3.63, 3.8) is 0 Å². The van der Waals surface area contributed by atoms with Crippen molar-refractivity contribution in [3.05, 3.63) is 65.2 Å². The number of hydroxylamine groups is 2. The molecule has 2 aromatic rings. The van der Waals surface area contributed by atoms with Gasteiger partial charge in [0.05, 0.1) is 19.6 Å². The lowest BCUT2D eigenvalue weighted by Crippen LogP contribution is -2.49. The zero-order valence-corrected chi connectivity index (χ0v) is 16.7. The molecule has 0 bridgehead atoms. The zero-order valence-electron chi connectivity index (χ0n) is 16.7. The van der Waals surface area contributed by atoms with E-state index in [1.54, 1.807) is 13.8 Å². The number of esters is 1. The Morgan fingerprint density at radius 1 is 1.18 bits per heavy atom. The zero-order chi connectivity index (χ0) is 20.3. The molecule has 6 nitrogen and oxygen atoms in total. The molecule has 3 rings (SSSR count). The average Bonchev–Trinajstić information content (AvgIpc) is 2.75. The molecule has 28 heavy (non-hydrogen) atoms. The number of anilines is 1. The van der Waals surface area contributed by atoms with Crippen LogP contribution in [0.5, 0.6) is 0 Å². The number of carbonyl (C=O) groups excluding carboxylic acids is 2. The largest absolute Gasteiger partial charge is 0.469 e.